The van der Waals surface area contributed by atoms with Gasteiger partial charge in [-0.15, -0.1) is 10.2 Å². The molecule has 0 unspecified atom stereocenters. The number of rotatable bonds is 2. The molecule has 0 aliphatic carbocycles. The maximum Gasteiger partial charge on any atom is 0.317 e. The minimum absolute atomic E-state index is 0.0146. The Kier molecular flexibility index (Phi) is 2.34. The van der Waals surface area contributed by atoms with Gasteiger partial charge < -0.3 is 14.8 Å². The summed E-state index contributed by atoms with van der Waals surface area (Å²) in [7, 11) is 1.87. The first-order valence-corrected chi connectivity index (χ1v) is 4.63. The van der Waals surface area contributed by atoms with Gasteiger partial charge in [0.15, 0.2) is 5.82 Å². The quantitative estimate of drug-likeness (QED) is 0.706. The van der Waals surface area contributed by atoms with Crippen LogP contribution in [0.5, 0.6) is 0 Å². The summed E-state index contributed by atoms with van der Waals surface area (Å²) in [5, 5.41) is 10.5. The van der Waals surface area contributed by atoms with E-state index < -0.39 is 0 Å². The molecule has 0 saturated carbocycles. The van der Waals surface area contributed by atoms with Gasteiger partial charge in [-0.25, -0.2) is 4.79 Å². The van der Waals surface area contributed by atoms with Gasteiger partial charge in [0.25, 0.3) is 0 Å². The molecule has 2 heterocycles. The van der Waals surface area contributed by atoms with Gasteiger partial charge in [-0.1, -0.05) is 0 Å². The summed E-state index contributed by atoms with van der Waals surface area (Å²) in [6.45, 7) is 2.09. The minimum atomic E-state index is -0.0146. The Balaban J connectivity index is 2.03. The number of urea groups is 1. The Morgan fingerprint density at radius 3 is 3.14 bits per heavy atom. The molecule has 1 saturated heterocycles. The molecule has 0 spiro atoms. The van der Waals surface area contributed by atoms with Crippen molar-refractivity contribution in [2.24, 2.45) is 7.05 Å². The molecule has 1 fully saturated rings. The second kappa shape index (κ2) is 3.65. The van der Waals surface area contributed by atoms with Gasteiger partial charge in [-0.05, 0) is 6.42 Å². The van der Waals surface area contributed by atoms with E-state index in [9.17, 15) is 4.79 Å². The number of carbonyl (C=O) groups is 1. The average molecular weight is 195 g/mol. The van der Waals surface area contributed by atoms with E-state index >= 15 is 0 Å². The molecule has 2 rings (SSSR count). The van der Waals surface area contributed by atoms with Crippen LogP contribution in [0.4, 0.5) is 4.79 Å². The molecular formula is C8H13N5O. The SMILES string of the molecule is Cn1cnnc1CN1CCCNC1=O. The Morgan fingerprint density at radius 2 is 2.50 bits per heavy atom. The number of hydrogen-bond donors (Lipinski definition) is 1. The van der Waals surface area contributed by atoms with Crippen LogP contribution in [0.25, 0.3) is 0 Å². The van der Waals surface area contributed by atoms with Crippen molar-refractivity contribution in [1.29, 1.82) is 0 Å². The predicted molar refractivity (Wildman–Crippen MR) is 49.4 cm³/mol. The molecule has 14 heavy (non-hydrogen) atoms. The fourth-order valence-electron chi connectivity index (χ4n) is 1.45. The van der Waals surface area contributed by atoms with Crippen molar-refractivity contribution in [2.45, 2.75) is 13.0 Å². The number of carbonyl (C=O) groups excluding carboxylic acids is 1. The lowest BCUT2D eigenvalue weighted by Gasteiger charge is -2.26. The first-order chi connectivity index (χ1) is 6.77. The smallest absolute Gasteiger partial charge is 0.317 e. The molecule has 1 N–H and O–H groups in total. The molecule has 1 aromatic heterocycles. The number of hydrogen-bond acceptors (Lipinski definition) is 3. The topological polar surface area (TPSA) is 63.1 Å². The Labute approximate surface area is 81.9 Å². The van der Waals surface area contributed by atoms with E-state index in [4.69, 9.17) is 0 Å². The van der Waals surface area contributed by atoms with E-state index in [1.54, 1.807) is 11.2 Å². The lowest BCUT2D eigenvalue weighted by atomic mass is 10.3. The van der Waals surface area contributed by atoms with Crippen LogP contribution in [-0.4, -0.2) is 38.8 Å². The second-order valence-electron chi connectivity index (χ2n) is 3.37. The zero-order valence-electron chi connectivity index (χ0n) is 8.10. The number of aromatic nitrogens is 3. The van der Waals surface area contributed by atoms with Crippen LogP contribution in [0.1, 0.15) is 12.2 Å². The van der Waals surface area contributed by atoms with E-state index in [1.165, 1.54) is 0 Å². The molecule has 0 bridgehead atoms. The zero-order chi connectivity index (χ0) is 9.97. The molecule has 1 aliphatic rings. The monoisotopic (exact) mass is 195 g/mol. The predicted octanol–water partition coefficient (Wildman–Crippen LogP) is -0.270. The summed E-state index contributed by atoms with van der Waals surface area (Å²) in [5.74, 6) is 0.807. The lowest BCUT2D eigenvalue weighted by molar-refractivity contribution is 0.181. The van der Waals surface area contributed by atoms with Crippen molar-refractivity contribution in [3.63, 3.8) is 0 Å². The normalized spacial score (nSPS) is 16.9. The molecule has 1 aromatic rings. The average Bonchev–Trinajstić information content (AvgIpc) is 2.56. The third kappa shape index (κ3) is 1.68. The second-order valence-corrected chi connectivity index (χ2v) is 3.37. The van der Waals surface area contributed by atoms with Gasteiger partial charge in [0.1, 0.15) is 6.33 Å². The van der Waals surface area contributed by atoms with Crippen molar-refractivity contribution < 1.29 is 4.79 Å². The van der Waals surface area contributed by atoms with Crippen molar-refractivity contribution >= 4 is 6.03 Å². The summed E-state index contributed by atoms with van der Waals surface area (Å²) in [6.07, 6.45) is 2.63. The van der Waals surface area contributed by atoms with Crippen molar-refractivity contribution in [1.82, 2.24) is 25.0 Å². The Hall–Kier alpha value is -1.59. The first kappa shape index (κ1) is 8.98. The fraction of sp³-hybridized carbons (Fsp3) is 0.625. The highest BCUT2D eigenvalue weighted by Crippen LogP contribution is 2.04. The van der Waals surface area contributed by atoms with E-state index in [1.807, 2.05) is 11.6 Å². The number of nitrogens with one attached hydrogen (secondary N) is 1. The molecule has 6 heteroatoms. The maximum absolute atomic E-state index is 11.4. The van der Waals surface area contributed by atoms with Gasteiger partial charge >= 0.3 is 6.03 Å². The van der Waals surface area contributed by atoms with Gasteiger partial charge in [-0.3, -0.25) is 0 Å². The fourth-order valence-corrected chi connectivity index (χ4v) is 1.45. The van der Waals surface area contributed by atoms with E-state index in [2.05, 4.69) is 15.5 Å². The number of amides is 2. The summed E-state index contributed by atoms with van der Waals surface area (Å²) < 4.78 is 1.82. The van der Waals surface area contributed by atoms with Crippen LogP contribution in [0.3, 0.4) is 0 Å². The third-order valence-electron chi connectivity index (χ3n) is 2.31. The minimum Gasteiger partial charge on any atom is -0.338 e. The van der Waals surface area contributed by atoms with Gasteiger partial charge in [0, 0.05) is 20.1 Å². The van der Waals surface area contributed by atoms with Crippen LogP contribution >= 0.6 is 0 Å². The van der Waals surface area contributed by atoms with E-state index in [-0.39, 0.29) is 6.03 Å². The van der Waals surface area contributed by atoms with E-state index in [0.29, 0.717) is 6.54 Å². The molecule has 6 nitrogen and oxygen atoms in total. The van der Waals surface area contributed by atoms with Crippen LogP contribution in [-0.2, 0) is 13.6 Å². The largest absolute Gasteiger partial charge is 0.338 e. The molecule has 0 radical (unpaired) electrons. The van der Waals surface area contributed by atoms with Crippen LogP contribution in [0.15, 0.2) is 6.33 Å². The van der Waals surface area contributed by atoms with E-state index in [0.717, 1.165) is 25.3 Å². The van der Waals surface area contributed by atoms with Crippen molar-refractivity contribution in [2.75, 3.05) is 13.1 Å². The van der Waals surface area contributed by atoms with Gasteiger partial charge in [-0.2, -0.15) is 0 Å². The molecule has 76 valence electrons. The standard InChI is InChI=1S/C8H13N5O/c1-12-6-10-11-7(12)5-13-4-2-3-9-8(13)14/h6H,2-5H2,1H3,(H,9,14). The highest BCUT2D eigenvalue weighted by Gasteiger charge is 2.18. The lowest BCUT2D eigenvalue weighted by Crippen LogP contribution is -2.46. The van der Waals surface area contributed by atoms with Crippen molar-refractivity contribution in [3.8, 4) is 0 Å². The molecular weight excluding hydrogens is 182 g/mol. The molecule has 2 amide bonds. The summed E-state index contributed by atoms with van der Waals surface area (Å²) in [6, 6.07) is -0.0146. The highest BCUT2D eigenvalue weighted by atomic mass is 16.2. The summed E-state index contributed by atoms with van der Waals surface area (Å²) >= 11 is 0. The Bertz CT molecular complexity index is 334. The molecule has 1 aliphatic heterocycles. The maximum atomic E-state index is 11.4. The van der Waals surface area contributed by atoms with Crippen LogP contribution in [0, 0.1) is 0 Å². The highest BCUT2D eigenvalue weighted by molar-refractivity contribution is 5.74. The van der Waals surface area contributed by atoms with Gasteiger partial charge in [0.05, 0.1) is 6.54 Å². The summed E-state index contributed by atoms with van der Waals surface area (Å²) in [4.78, 5) is 13.1. The third-order valence-corrected chi connectivity index (χ3v) is 2.31. The van der Waals surface area contributed by atoms with Crippen LogP contribution in [0.2, 0.25) is 0 Å². The molecule has 0 aromatic carbocycles. The first-order valence-electron chi connectivity index (χ1n) is 4.63. The zero-order valence-corrected chi connectivity index (χ0v) is 8.10. The molecule has 0 atom stereocenters. The summed E-state index contributed by atoms with van der Waals surface area (Å²) in [5.41, 5.74) is 0. The van der Waals surface area contributed by atoms with Crippen LogP contribution < -0.4 is 5.32 Å². The number of nitrogens with zero attached hydrogens (tertiary/aromatic N) is 4. The number of aryl methyl sites for hydroxylation is 1. The van der Waals surface area contributed by atoms with Crippen molar-refractivity contribution in [3.05, 3.63) is 12.2 Å². The Morgan fingerprint density at radius 1 is 1.64 bits per heavy atom. The van der Waals surface area contributed by atoms with Gasteiger partial charge in [0.2, 0.25) is 0 Å².